The minimum atomic E-state index is -0.836. The largest absolute Gasteiger partial charge is 0.478 e. The summed E-state index contributed by atoms with van der Waals surface area (Å²) in [6, 6.07) is 0.244. The molecule has 0 aliphatic rings. The van der Waals surface area contributed by atoms with Gasteiger partial charge in [0.25, 0.3) is 0 Å². The highest BCUT2D eigenvalue weighted by Gasteiger charge is 2.04. The lowest BCUT2D eigenvalue weighted by molar-refractivity contribution is -0.132. The molecule has 1 unspecified atom stereocenters. The summed E-state index contributed by atoms with van der Waals surface area (Å²) in [6.45, 7) is 7.73. The zero-order valence-corrected chi connectivity index (χ0v) is 9.75. The average molecular weight is 215 g/mol. The van der Waals surface area contributed by atoms with Crippen molar-refractivity contribution in [3.8, 4) is 0 Å². The van der Waals surface area contributed by atoms with Crippen LogP contribution in [0.3, 0.4) is 0 Å². The summed E-state index contributed by atoms with van der Waals surface area (Å²) < 4.78 is 5.23. The number of aliphatic carboxylic acids is 1. The average Bonchev–Trinajstić information content (AvgIpc) is 2.20. The highest BCUT2D eigenvalue weighted by molar-refractivity contribution is 5.86. The topological polar surface area (TPSA) is 58.6 Å². The molecule has 0 bridgehead atoms. The van der Waals surface area contributed by atoms with Gasteiger partial charge < -0.3 is 15.2 Å². The van der Waals surface area contributed by atoms with Crippen LogP contribution >= 0.6 is 0 Å². The first-order chi connectivity index (χ1) is 7.11. The van der Waals surface area contributed by atoms with Gasteiger partial charge in [-0.1, -0.05) is 13.0 Å². The number of carbonyl (C=O) groups is 1. The molecule has 0 aliphatic heterocycles. The van der Waals surface area contributed by atoms with Crippen molar-refractivity contribution in [2.75, 3.05) is 19.8 Å². The van der Waals surface area contributed by atoms with Crippen molar-refractivity contribution in [3.05, 3.63) is 11.6 Å². The highest BCUT2D eigenvalue weighted by atomic mass is 16.5. The van der Waals surface area contributed by atoms with Gasteiger partial charge in [0.1, 0.15) is 0 Å². The Morgan fingerprint density at radius 1 is 1.53 bits per heavy atom. The molecule has 0 aromatic heterocycles. The Morgan fingerprint density at radius 2 is 2.20 bits per heavy atom. The van der Waals surface area contributed by atoms with Crippen molar-refractivity contribution in [1.29, 1.82) is 0 Å². The van der Waals surface area contributed by atoms with E-state index in [9.17, 15) is 4.79 Å². The molecular weight excluding hydrogens is 194 g/mol. The number of hydrogen-bond donors (Lipinski definition) is 2. The van der Waals surface area contributed by atoms with Gasteiger partial charge in [-0.15, -0.1) is 0 Å². The Bertz CT molecular complexity index is 214. The fourth-order valence-electron chi connectivity index (χ4n) is 1.12. The molecule has 0 rings (SSSR count). The van der Waals surface area contributed by atoms with Gasteiger partial charge in [-0.25, -0.2) is 4.79 Å². The van der Waals surface area contributed by atoms with E-state index in [4.69, 9.17) is 9.84 Å². The fraction of sp³-hybridized carbons (Fsp3) is 0.727. The summed E-state index contributed by atoms with van der Waals surface area (Å²) in [4.78, 5) is 10.7. The predicted octanol–water partition coefficient (Wildman–Crippen LogP) is 1.42. The molecular formula is C11H21NO3. The van der Waals surface area contributed by atoms with Crippen molar-refractivity contribution < 1.29 is 14.6 Å². The van der Waals surface area contributed by atoms with Crippen molar-refractivity contribution in [2.45, 2.75) is 33.2 Å². The maximum atomic E-state index is 10.7. The summed E-state index contributed by atoms with van der Waals surface area (Å²) in [5, 5.41) is 11.9. The summed E-state index contributed by atoms with van der Waals surface area (Å²) in [5.41, 5.74) is 0.450. The Kier molecular flexibility index (Phi) is 7.95. The second-order valence-electron chi connectivity index (χ2n) is 3.36. The molecule has 0 aliphatic carbocycles. The quantitative estimate of drug-likeness (QED) is 0.601. The van der Waals surface area contributed by atoms with E-state index in [-0.39, 0.29) is 6.04 Å². The molecule has 0 saturated heterocycles. The van der Waals surface area contributed by atoms with E-state index in [1.54, 1.807) is 6.08 Å². The Labute approximate surface area is 91.3 Å². The summed E-state index contributed by atoms with van der Waals surface area (Å²) >= 11 is 0. The fourth-order valence-corrected chi connectivity index (χ4v) is 1.12. The van der Waals surface area contributed by atoms with E-state index in [0.29, 0.717) is 31.8 Å². The zero-order chi connectivity index (χ0) is 11.7. The minimum absolute atomic E-state index is 0.244. The Hall–Kier alpha value is -0.870. The lowest BCUT2D eigenvalue weighted by atomic mass is 10.2. The number of rotatable bonds is 8. The van der Waals surface area contributed by atoms with E-state index in [0.717, 1.165) is 0 Å². The summed E-state index contributed by atoms with van der Waals surface area (Å²) in [7, 11) is 0. The molecule has 0 spiro atoms. The Morgan fingerprint density at radius 3 is 2.67 bits per heavy atom. The van der Waals surface area contributed by atoms with Gasteiger partial charge in [-0.05, 0) is 20.3 Å². The van der Waals surface area contributed by atoms with E-state index in [1.807, 2.05) is 20.8 Å². The SMILES string of the molecule is CCOCC(C)NC/C=C(/CC)C(=O)O. The van der Waals surface area contributed by atoms with E-state index in [2.05, 4.69) is 5.32 Å². The van der Waals surface area contributed by atoms with Gasteiger partial charge >= 0.3 is 5.97 Å². The zero-order valence-electron chi connectivity index (χ0n) is 9.75. The molecule has 88 valence electrons. The van der Waals surface area contributed by atoms with Crippen LogP contribution < -0.4 is 5.32 Å². The first kappa shape index (κ1) is 14.1. The molecule has 0 fully saturated rings. The molecule has 0 aromatic carbocycles. The lowest BCUT2D eigenvalue weighted by Crippen LogP contribution is -2.30. The molecule has 4 heteroatoms. The first-order valence-electron chi connectivity index (χ1n) is 5.35. The van der Waals surface area contributed by atoms with Gasteiger partial charge in [-0.2, -0.15) is 0 Å². The second kappa shape index (κ2) is 8.44. The molecule has 4 nitrogen and oxygen atoms in total. The molecule has 0 radical (unpaired) electrons. The third-order valence-corrected chi connectivity index (χ3v) is 2.04. The van der Waals surface area contributed by atoms with Crippen molar-refractivity contribution >= 4 is 5.97 Å². The second-order valence-corrected chi connectivity index (χ2v) is 3.36. The maximum absolute atomic E-state index is 10.7. The van der Waals surface area contributed by atoms with Gasteiger partial charge in [0.05, 0.1) is 6.61 Å². The van der Waals surface area contributed by atoms with E-state index < -0.39 is 5.97 Å². The normalized spacial score (nSPS) is 13.9. The van der Waals surface area contributed by atoms with Crippen LogP contribution in [0.5, 0.6) is 0 Å². The number of ether oxygens (including phenoxy) is 1. The van der Waals surface area contributed by atoms with Crippen LogP contribution in [0.25, 0.3) is 0 Å². The van der Waals surface area contributed by atoms with Crippen LogP contribution in [-0.4, -0.2) is 36.9 Å². The molecule has 0 saturated carbocycles. The standard InChI is InChI=1S/C11H21NO3/c1-4-10(11(13)14)6-7-12-9(3)8-15-5-2/h6,9,12H,4-5,7-8H2,1-3H3,(H,13,14)/b10-6-. The minimum Gasteiger partial charge on any atom is -0.478 e. The van der Waals surface area contributed by atoms with Crippen LogP contribution in [0, 0.1) is 0 Å². The number of nitrogens with one attached hydrogen (secondary N) is 1. The number of carboxylic acid groups (broad SMARTS) is 1. The van der Waals surface area contributed by atoms with Crippen molar-refractivity contribution in [1.82, 2.24) is 5.32 Å². The highest BCUT2D eigenvalue weighted by Crippen LogP contribution is 1.99. The Balaban J connectivity index is 3.79. The first-order valence-corrected chi connectivity index (χ1v) is 5.35. The van der Waals surface area contributed by atoms with Gasteiger partial charge in [-0.3, -0.25) is 0 Å². The van der Waals surface area contributed by atoms with Crippen molar-refractivity contribution in [2.24, 2.45) is 0 Å². The predicted molar refractivity (Wildman–Crippen MR) is 60.0 cm³/mol. The van der Waals surface area contributed by atoms with Crippen molar-refractivity contribution in [3.63, 3.8) is 0 Å². The summed E-state index contributed by atoms with van der Waals surface area (Å²) in [5.74, 6) is -0.836. The molecule has 0 aromatic rings. The smallest absolute Gasteiger partial charge is 0.331 e. The molecule has 2 N–H and O–H groups in total. The molecule has 15 heavy (non-hydrogen) atoms. The van der Waals surface area contributed by atoms with Crippen LogP contribution in [0.15, 0.2) is 11.6 Å². The lowest BCUT2D eigenvalue weighted by Gasteiger charge is -2.11. The maximum Gasteiger partial charge on any atom is 0.331 e. The van der Waals surface area contributed by atoms with Crippen LogP contribution in [0.2, 0.25) is 0 Å². The third kappa shape index (κ3) is 7.11. The van der Waals surface area contributed by atoms with Crippen LogP contribution in [0.1, 0.15) is 27.2 Å². The molecule has 0 amide bonds. The van der Waals surface area contributed by atoms with E-state index >= 15 is 0 Å². The van der Waals surface area contributed by atoms with Gasteiger partial charge in [0.15, 0.2) is 0 Å². The van der Waals surface area contributed by atoms with Gasteiger partial charge in [0, 0.05) is 24.8 Å². The van der Waals surface area contributed by atoms with E-state index in [1.165, 1.54) is 0 Å². The number of hydrogen-bond acceptors (Lipinski definition) is 3. The van der Waals surface area contributed by atoms with Crippen LogP contribution in [-0.2, 0) is 9.53 Å². The van der Waals surface area contributed by atoms with Crippen LogP contribution in [0.4, 0.5) is 0 Å². The van der Waals surface area contributed by atoms with Gasteiger partial charge in [0.2, 0.25) is 0 Å². The monoisotopic (exact) mass is 215 g/mol. The summed E-state index contributed by atoms with van der Waals surface area (Å²) in [6.07, 6.45) is 2.27. The third-order valence-electron chi connectivity index (χ3n) is 2.04. The molecule has 0 heterocycles. The number of carboxylic acids is 1. The molecule has 1 atom stereocenters.